The number of aliphatic imine (C=N–C) groups is 1. The van der Waals surface area contributed by atoms with Crippen molar-refractivity contribution in [3.05, 3.63) is 63.6 Å². The molecule has 4 atom stereocenters. The molecule has 1 saturated carbocycles. The van der Waals surface area contributed by atoms with Gasteiger partial charge in [0.15, 0.2) is 5.96 Å². The number of carbonyl (C=O) groups is 1. The van der Waals surface area contributed by atoms with Crippen molar-refractivity contribution in [1.82, 2.24) is 10.2 Å². The van der Waals surface area contributed by atoms with Gasteiger partial charge in [-0.15, -0.1) is 0 Å². The molecule has 1 saturated heterocycles. The molecule has 1 aliphatic heterocycles. The van der Waals surface area contributed by atoms with Gasteiger partial charge in [-0.05, 0) is 61.1 Å². The fourth-order valence-electron chi connectivity index (χ4n) is 5.28. The number of nitrogens with one attached hydrogen (secondary N) is 2. The highest BCUT2D eigenvalue weighted by molar-refractivity contribution is 6.35. The van der Waals surface area contributed by atoms with Gasteiger partial charge in [0.05, 0.1) is 6.04 Å². The highest BCUT2D eigenvalue weighted by Gasteiger charge is 2.25. The molecule has 1 amide bonds. The standard InChI is InChI=1S/C28H37Cl2N5O/c1-18-5-3-4-6-26(18)34-28(35-14-13-32-19(2)17-35)33-22-10-7-20(8-11-22)24(16-27(31)36)23-12-9-21(29)15-25(23)30/h7-12,15,18-19,24,26,32H,3-6,13-14,16-17H2,1-2H3,(H2,31,36)(H,33,34)/t18-,19+,24?,26-/m0/s1. The maximum absolute atomic E-state index is 11.9. The van der Waals surface area contributed by atoms with Gasteiger partial charge in [-0.2, -0.15) is 0 Å². The van der Waals surface area contributed by atoms with E-state index in [9.17, 15) is 4.79 Å². The molecule has 1 unspecified atom stereocenters. The Hall–Kier alpha value is -2.28. The summed E-state index contributed by atoms with van der Waals surface area (Å²) in [4.78, 5) is 19.5. The normalized spacial score (nSPS) is 23.8. The number of halogens is 2. The first-order valence-electron chi connectivity index (χ1n) is 13.0. The van der Waals surface area contributed by atoms with Gasteiger partial charge in [-0.1, -0.05) is 61.2 Å². The smallest absolute Gasteiger partial charge is 0.218 e. The first-order chi connectivity index (χ1) is 17.3. The maximum atomic E-state index is 11.9. The molecule has 0 aromatic heterocycles. The summed E-state index contributed by atoms with van der Waals surface area (Å²) in [5.74, 6) is 0.921. The SMILES string of the molecule is C[C@@H]1CN(C(=N[C@H]2CCCC[C@@H]2C)Nc2ccc(C(CC(N)=O)c3ccc(Cl)cc3Cl)cc2)CCN1. The Balaban J connectivity index is 1.58. The molecule has 0 spiro atoms. The summed E-state index contributed by atoms with van der Waals surface area (Å²) in [6, 6.07) is 14.3. The van der Waals surface area contributed by atoms with E-state index in [1.165, 1.54) is 19.3 Å². The van der Waals surface area contributed by atoms with Crippen molar-refractivity contribution in [2.45, 2.75) is 64.0 Å². The molecule has 194 valence electrons. The summed E-state index contributed by atoms with van der Waals surface area (Å²) in [5.41, 5.74) is 8.36. The number of anilines is 1. The molecule has 0 radical (unpaired) electrons. The van der Waals surface area contributed by atoms with E-state index in [4.69, 9.17) is 33.9 Å². The molecular formula is C28H37Cl2N5O. The van der Waals surface area contributed by atoms with E-state index >= 15 is 0 Å². The van der Waals surface area contributed by atoms with Crippen molar-refractivity contribution in [3.8, 4) is 0 Å². The number of nitrogens with two attached hydrogens (primary N) is 1. The summed E-state index contributed by atoms with van der Waals surface area (Å²) in [5, 5.41) is 8.22. The third-order valence-electron chi connectivity index (χ3n) is 7.34. The Bertz CT molecular complexity index is 1070. The molecule has 0 bridgehead atoms. The predicted octanol–water partition coefficient (Wildman–Crippen LogP) is 5.64. The van der Waals surface area contributed by atoms with Gasteiger partial charge >= 0.3 is 0 Å². The monoisotopic (exact) mass is 529 g/mol. The van der Waals surface area contributed by atoms with Gasteiger partial charge in [0.2, 0.25) is 5.91 Å². The van der Waals surface area contributed by atoms with Crippen LogP contribution in [-0.4, -0.2) is 48.5 Å². The Morgan fingerprint density at radius 3 is 2.58 bits per heavy atom. The molecular weight excluding hydrogens is 493 g/mol. The molecule has 2 aromatic carbocycles. The number of hydrogen-bond donors (Lipinski definition) is 3. The highest BCUT2D eigenvalue weighted by Crippen LogP contribution is 2.35. The predicted molar refractivity (Wildman–Crippen MR) is 150 cm³/mol. The zero-order chi connectivity index (χ0) is 25.7. The first-order valence-corrected chi connectivity index (χ1v) is 13.7. The minimum absolute atomic E-state index is 0.166. The van der Waals surface area contributed by atoms with E-state index in [2.05, 4.69) is 29.4 Å². The van der Waals surface area contributed by atoms with Crippen molar-refractivity contribution >= 4 is 40.8 Å². The zero-order valence-electron chi connectivity index (χ0n) is 21.1. The quantitative estimate of drug-likeness (QED) is 0.334. The minimum Gasteiger partial charge on any atom is -0.370 e. The molecule has 1 heterocycles. The van der Waals surface area contributed by atoms with Crippen molar-refractivity contribution in [1.29, 1.82) is 0 Å². The average molecular weight is 531 g/mol. The van der Waals surface area contributed by atoms with E-state index in [-0.39, 0.29) is 18.2 Å². The van der Waals surface area contributed by atoms with Gasteiger partial charge in [-0.25, -0.2) is 4.99 Å². The molecule has 8 heteroatoms. The molecule has 2 aliphatic rings. The number of amides is 1. The molecule has 4 rings (SSSR count). The number of hydrogen-bond acceptors (Lipinski definition) is 3. The summed E-state index contributed by atoms with van der Waals surface area (Å²) in [6.07, 6.45) is 5.09. The number of primary amides is 1. The summed E-state index contributed by atoms with van der Waals surface area (Å²) in [7, 11) is 0. The van der Waals surface area contributed by atoms with E-state index in [1.807, 2.05) is 30.3 Å². The Kier molecular flexibility index (Phi) is 9.15. The van der Waals surface area contributed by atoms with Gasteiger partial charge in [0.1, 0.15) is 0 Å². The largest absolute Gasteiger partial charge is 0.370 e. The van der Waals surface area contributed by atoms with Crippen molar-refractivity contribution in [2.24, 2.45) is 16.6 Å². The number of rotatable bonds is 6. The summed E-state index contributed by atoms with van der Waals surface area (Å²) >= 11 is 12.6. The maximum Gasteiger partial charge on any atom is 0.218 e. The van der Waals surface area contributed by atoms with Gasteiger partial charge in [0.25, 0.3) is 0 Å². The van der Waals surface area contributed by atoms with Crippen LogP contribution in [0.5, 0.6) is 0 Å². The number of benzene rings is 2. The van der Waals surface area contributed by atoms with Crippen LogP contribution in [0.25, 0.3) is 0 Å². The van der Waals surface area contributed by atoms with Gasteiger partial charge in [-0.3, -0.25) is 4.79 Å². The lowest BCUT2D eigenvalue weighted by Gasteiger charge is -2.36. The Morgan fingerprint density at radius 2 is 1.92 bits per heavy atom. The summed E-state index contributed by atoms with van der Waals surface area (Å²) < 4.78 is 0. The van der Waals surface area contributed by atoms with Crippen LogP contribution in [0.3, 0.4) is 0 Å². The van der Waals surface area contributed by atoms with Crippen LogP contribution in [0.1, 0.15) is 63.0 Å². The zero-order valence-corrected chi connectivity index (χ0v) is 22.7. The van der Waals surface area contributed by atoms with E-state index < -0.39 is 0 Å². The third kappa shape index (κ3) is 6.93. The lowest BCUT2D eigenvalue weighted by molar-refractivity contribution is -0.118. The second-order valence-electron chi connectivity index (χ2n) is 10.2. The molecule has 2 aromatic rings. The lowest BCUT2D eigenvalue weighted by atomic mass is 9.86. The fourth-order valence-corrected chi connectivity index (χ4v) is 5.82. The first kappa shape index (κ1) is 26.8. The van der Waals surface area contributed by atoms with Gasteiger partial charge in [0, 0.05) is 53.7 Å². The molecule has 6 nitrogen and oxygen atoms in total. The molecule has 2 fully saturated rings. The van der Waals surface area contributed by atoms with Crippen LogP contribution in [0.2, 0.25) is 10.0 Å². The van der Waals surface area contributed by atoms with Crippen LogP contribution in [-0.2, 0) is 4.79 Å². The lowest BCUT2D eigenvalue weighted by Crippen LogP contribution is -2.53. The molecule has 4 N–H and O–H groups in total. The van der Waals surface area contributed by atoms with Crippen LogP contribution in [0.15, 0.2) is 47.5 Å². The van der Waals surface area contributed by atoms with Crippen LogP contribution in [0.4, 0.5) is 5.69 Å². The highest BCUT2D eigenvalue weighted by atomic mass is 35.5. The second-order valence-corrected chi connectivity index (χ2v) is 11.1. The number of carbonyl (C=O) groups excluding carboxylic acids is 1. The van der Waals surface area contributed by atoms with E-state index in [0.29, 0.717) is 28.0 Å². The van der Waals surface area contributed by atoms with E-state index in [0.717, 1.165) is 48.8 Å². The number of guanidine groups is 1. The second kappa shape index (κ2) is 12.3. The fraction of sp³-hybridized carbons (Fsp3) is 0.500. The van der Waals surface area contributed by atoms with Crippen LogP contribution < -0.4 is 16.4 Å². The average Bonchev–Trinajstić information content (AvgIpc) is 2.84. The van der Waals surface area contributed by atoms with Crippen molar-refractivity contribution in [2.75, 3.05) is 25.0 Å². The third-order valence-corrected chi connectivity index (χ3v) is 7.90. The van der Waals surface area contributed by atoms with Gasteiger partial charge < -0.3 is 21.3 Å². The van der Waals surface area contributed by atoms with E-state index in [1.54, 1.807) is 12.1 Å². The Labute approximate surface area is 224 Å². The molecule has 36 heavy (non-hydrogen) atoms. The summed E-state index contributed by atoms with van der Waals surface area (Å²) in [6.45, 7) is 7.31. The minimum atomic E-state index is -0.378. The Morgan fingerprint density at radius 1 is 1.17 bits per heavy atom. The van der Waals surface area contributed by atoms with Crippen molar-refractivity contribution in [3.63, 3.8) is 0 Å². The van der Waals surface area contributed by atoms with Crippen LogP contribution in [0, 0.1) is 5.92 Å². The number of piperazine rings is 1. The topological polar surface area (TPSA) is 82.8 Å². The van der Waals surface area contributed by atoms with Crippen molar-refractivity contribution < 1.29 is 4.79 Å². The number of nitrogens with zero attached hydrogens (tertiary/aromatic N) is 2. The molecule has 1 aliphatic carbocycles. The van der Waals surface area contributed by atoms with Crippen LogP contribution >= 0.6 is 23.2 Å².